The zero-order chi connectivity index (χ0) is 22.7. The Bertz CT molecular complexity index is 1110. The average molecular weight is 432 g/mol. The Morgan fingerprint density at radius 3 is 2.34 bits per heavy atom. The van der Waals surface area contributed by atoms with Crippen LogP contribution in [0.2, 0.25) is 0 Å². The van der Waals surface area contributed by atoms with Gasteiger partial charge in [-0.15, -0.1) is 0 Å². The molecule has 1 unspecified atom stereocenters. The first kappa shape index (κ1) is 21.8. The number of ether oxygens (including phenoxy) is 3. The van der Waals surface area contributed by atoms with Crippen LogP contribution < -0.4 is 14.2 Å². The van der Waals surface area contributed by atoms with Crippen LogP contribution >= 0.6 is 0 Å². The van der Waals surface area contributed by atoms with Crippen molar-refractivity contribution in [1.29, 1.82) is 0 Å². The molecule has 1 atom stereocenters. The molecule has 5 nitrogen and oxygen atoms in total. The molecule has 0 N–H and O–H groups in total. The van der Waals surface area contributed by atoms with Gasteiger partial charge in [0.15, 0.2) is 11.5 Å². The van der Waals surface area contributed by atoms with E-state index in [1.165, 1.54) is 5.56 Å². The topological polar surface area (TPSA) is 48.0 Å². The van der Waals surface area contributed by atoms with Crippen molar-refractivity contribution >= 4 is 5.91 Å². The SMILES string of the molecule is COc1cc2c(cc1OC)C(COc1ccc(C)cc1)N(C(=O)c1cccc(C)c1)CC2. The van der Waals surface area contributed by atoms with E-state index in [0.717, 1.165) is 28.9 Å². The molecule has 1 heterocycles. The number of amides is 1. The van der Waals surface area contributed by atoms with Crippen molar-refractivity contribution in [2.24, 2.45) is 0 Å². The highest BCUT2D eigenvalue weighted by atomic mass is 16.5. The molecule has 0 fully saturated rings. The molecule has 4 rings (SSSR count). The van der Waals surface area contributed by atoms with Gasteiger partial charge < -0.3 is 19.1 Å². The van der Waals surface area contributed by atoms with E-state index >= 15 is 0 Å². The first-order valence-electron chi connectivity index (χ1n) is 10.8. The fraction of sp³-hybridized carbons (Fsp3) is 0.296. The third-order valence-corrected chi connectivity index (χ3v) is 5.96. The largest absolute Gasteiger partial charge is 0.493 e. The Kier molecular flexibility index (Phi) is 6.35. The van der Waals surface area contributed by atoms with Crippen LogP contribution in [-0.2, 0) is 6.42 Å². The Morgan fingerprint density at radius 2 is 1.66 bits per heavy atom. The molecule has 3 aromatic carbocycles. The number of benzene rings is 3. The number of aryl methyl sites for hydroxylation is 2. The normalized spacial score (nSPS) is 15.1. The highest BCUT2D eigenvalue weighted by Crippen LogP contribution is 2.39. The summed E-state index contributed by atoms with van der Waals surface area (Å²) >= 11 is 0. The van der Waals surface area contributed by atoms with Crippen LogP contribution in [-0.4, -0.2) is 38.2 Å². The summed E-state index contributed by atoms with van der Waals surface area (Å²) in [6.45, 7) is 5.00. The van der Waals surface area contributed by atoms with Gasteiger partial charge in [-0.05, 0) is 67.8 Å². The van der Waals surface area contributed by atoms with Gasteiger partial charge in [-0.25, -0.2) is 0 Å². The van der Waals surface area contributed by atoms with Crippen LogP contribution in [0, 0.1) is 13.8 Å². The summed E-state index contributed by atoms with van der Waals surface area (Å²) in [6, 6.07) is 19.4. The minimum atomic E-state index is -0.243. The molecule has 0 bridgehead atoms. The molecule has 0 saturated carbocycles. The summed E-state index contributed by atoms with van der Waals surface area (Å²) in [4.78, 5) is 15.4. The Morgan fingerprint density at radius 1 is 0.938 bits per heavy atom. The lowest BCUT2D eigenvalue weighted by Crippen LogP contribution is -2.42. The highest BCUT2D eigenvalue weighted by Gasteiger charge is 2.33. The van der Waals surface area contributed by atoms with E-state index in [0.29, 0.717) is 30.2 Å². The van der Waals surface area contributed by atoms with E-state index in [-0.39, 0.29) is 11.9 Å². The van der Waals surface area contributed by atoms with Crippen LogP contribution in [0.25, 0.3) is 0 Å². The lowest BCUT2D eigenvalue weighted by Gasteiger charge is -2.37. The number of hydrogen-bond acceptors (Lipinski definition) is 4. The third kappa shape index (κ3) is 4.42. The van der Waals surface area contributed by atoms with E-state index in [1.807, 2.05) is 79.4 Å². The van der Waals surface area contributed by atoms with Crippen LogP contribution in [0.4, 0.5) is 0 Å². The minimum absolute atomic E-state index is 0.00615. The van der Waals surface area contributed by atoms with Crippen molar-refractivity contribution in [3.63, 3.8) is 0 Å². The summed E-state index contributed by atoms with van der Waals surface area (Å²) in [6.07, 6.45) is 0.744. The standard InChI is InChI=1S/C27H29NO4/c1-18-8-10-22(11-9-18)32-17-24-23-16-26(31-4)25(30-3)15-20(23)12-13-28(24)27(29)21-7-5-6-19(2)14-21/h5-11,14-16,24H,12-13,17H2,1-4H3. The monoisotopic (exact) mass is 431 g/mol. The Labute approximate surface area is 189 Å². The average Bonchev–Trinajstić information content (AvgIpc) is 2.82. The maximum atomic E-state index is 13.5. The first-order valence-corrected chi connectivity index (χ1v) is 10.8. The number of nitrogens with zero attached hydrogens (tertiary/aromatic N) is 1. The molecule has 166 valence electrons. The summed E-state index contributed by atoms with van der Waals surface area (Å²) in [5.41, 5.74) is 5.10. The van der Waals surface area contributed by atoms with Gasteiger partial charge >= 0.3 is 0 Å². The van der Waals surface area contributed by atoms with Crippen LogP contribution in [0.3, 0.4) is 0 Å². The number of fused-ring (bicyclic) bond motifs is 1. The Balaban J connectivity index is 1.70. The lowest BCUT2D eigenvalue weighted by atomic mass is 9.91. The van der Waals surface area contributed by atoms with Gasteiger partial charge in [-0.1, -0.05) is 35.4 Å². The second-order valence-corrected chi connectivity index (χ2v) is 8.16. The highest BCUT2D eigenvalue weighted by molar-refractivity contribution is 5.95. The van der Waals surface area contributed by atoms with E-state index in [1.54, 1.807) is 14.2 Å². The molecule has 0 saturated heterocycles. The summed E-state index contributed by atoms with van der Waals surface area (Å²) < 4.78 is 17.2. The number of carbonyl (C=O) groups is 1. The zero-order valence-corrected chi connectivity index (χ0v) is 19.1. The second kappa shape index (κ2) is 9.35. The van der Waals surface area contributed by atoms with Crippen molar-refractivity contribution in [3.8, 4) is 17.2 Å². The smallest absolute Gasteiger partial charge is 0.254 e. The van der Waals surface area contributed by atoms with Gasteiger partial charge in [0.2, 0.25) is 0 Å². The van der Waals surface area contributed by atoms with Crippen molar-refractivity contribution in [2.45, 2.75) is 26.3 Å². The predicted octanol–water partition coefficient (Wildman–Crippen LogP) is 5.14. The van der Waals surface area contributed by atoms with Crippen molar-refractivity contribution < 1.29 is 19.0 Å². The molecule has 0 aromatic heterocycles. The summed E-state index contributed by atoms with van der Waals surface area (Å²) in [5, 5.41) is 0. The maximum Gasteiger partial charge on any atom is 0.254 e. The molecule has 1 amide bonds. The molecule has 0 radical (unpaired) electrons. The van der Waals surface area contributed by atoms with Gasteiger partial charge in [0, 0.05) is 12.1 Å². The molecular weight excluding hydrogens is 402 g/mol. The zero-order valence-electron chi connectivity index (χ0n) is 19.1. The van der Waals surface area contributed by atoms with Crippen molar-refractivity contribution in [3.05, 3.63) is 88.5 Å². The molecule has 1 aliphatic heterocycles. The fourth-order valence-corrected chi connectivity index (χ4v) is 4.20. The van der Waals surface area contributed by atoms with Crippen molar-refractivity contribution in [1.82, 2.24) is 4.90 Å². The first-order chi connectivity index (χ1) is 15.5. The van der Waals surface area contributed by atoms with Gasteiger partial charge in [0.05, 0.1) is 20.3 Å². The maximum absolute atomic E-state index is 13.5. The molecule has 0 spiro atoms. The molecule has 32 heavy (non-hydrogen) atoms. The van der Waals surface area contributed by atoms with E-state index < -0.39 is 0 Å². The van der Waals surface area contributed by atoms with Crippen molar-refractivity contribution in [2.75, 3.05) is 27.4 Å². The number of methoxy groups -OCH3 is 2. The molecule has 0 aliphatic carbocycles. The van der Waals surface area contributed by atoms with Crippen LogP contribution in [0.5, 0.6) is 17.2 Å². The second-order valence-electron chi connectivity index (χ2n) is 8.16. The van der Waals surface area contributed by atoms with E-state index in [9.17, 15) is 4.79 Å². The lowest BCUT2D eigenvalue weighted by molar-refractivity contribution is 0.0589. The van der Waals surface area contributed by atoms with Gasteiger partial charge in [0.1, 0.15) is 12.4 Å². The summed E-state index contributed by atoms with van der Waals surface area (Å²) in [5.74, 6) is 2.14. The number of rotatable bonds is 6. The van der Waals surface area contributed by atoms with Crippen LogP contribution in [0.1, 0.15) is 38.7 Å². The van der Waals surface area contributed by atoms with Gasteiger partial charge in [-0.3, -0.25) is 4.79 Å². The van der Waals surface area contributed by atoms with E-state index in [2.05, 4.69) is 0 Å². The minimum Gasteiger partial charge on any atom is -0.493 e. The quantitative estimate of drug-likeness (QED) is 0.542. The molecule has 3 aromatic rings. The van der Waals surface area contributed by atoms with Gasteiger partial charge in [0.25, 0.3) is 5.91 Å². The Hall–Kier alpha value is -3.47. The number of carbonyl (C=O) groups excluding carboxylic acids is 1. The van der Waals surface area contributed by atoms with Crippen LogP contribution in [0.15, 0.2) is 60.7 Å². The number of hydrogen-bond donors (Lipinski definition) is 0. The predicted molar refractivity (Wildman–Crippen MR) is 125 cm³/mol. The third-order valence-electron chi connectivity index (χ3n) is 5.96. The van der Waals surface area contributed by atoms with E-state index in [4.69, 9.17) is 14.2 Å². The molecule has 1 aliphatic rings. The summed E-state index contributed by atoms with van der Waals surface area (Å²) in [7, 11) is 3.26. The molecular formula is C27H29NO4. The fourth-order valence-electron chi connectivity index (χ4n) is 4.20. The molecule has 5 heteroatoms. The van der Waals surface area contributed by atoms with Gasteiger partial charge in [-0.2, -0.15) is 0 Å².